The summed E-state index contributed by atoms with van der Waals surface area (Å²) < 4.78 is 1.61. The van der Waals surface area contributed by atoms with Gasteiger partial charge in [0, 0.05) is 6.07 Å². The summed E-state index contributed by atoms with van der Waals surface area (Å²) in [6.45, 7) is 4.83. The molecule has 0 aliphatic rings. The summed E-state index contributed by atoms with van der Waals surface area (Å²) >= 11 is 0. The Hall–Kier alpha value is -1.32. The third-order valence-corrected chi connectivity index (χ3v) is 1.51. The van der Waals surface area contributed by atoms with E-state index in [0.29, 0.717) is 11.7 Å². The summed E-state index contributed by atoms with van der Waals surface area (Å²) in [6, 6.07) is 1.68. The van der Waals surface area contributed by atoms with Crippen molar-refractivity contribution in [3.63, 3.8) is 0 Å². The van der Waals surface area contributed by atoms with Crippen molar-refractivity contribution in [3.8, 4) is 0 Å². The van der Waals surface area contributed by atoms with Crippen molar-refractivity contribution in [1.82, 2.24) is 4.98 Å². The summed E-state index contributed by atoms with van der Waals surface area (Å²) in [5.74, 6) is 0.861. The van der Waals surface area contributed by atoms with Crippen LogP contribution in [0.5, 0.6) is 0 Å². The number of aromatic amines is 1. The number of nitrogens with one attached hydrogen (secondary N) is 1. The summed E-state index contributed by atoms with van der Waals surface area (Å²) in [5.41, 5.74) is 5.24. The van der Waals surface area contributed by atoms with Crippen molar-refractivity contribution in [2.24, 2.45) is 5.92 Å². The van der Waals surface area contributed by atoms with E-state index in [1.807, 2.05) is 0 Å². The van der Waals surface area contributed by atoms with Gasteiger partial charge in [0.1, 0.15) is 0 Å². The Morgan fingerprint density at radius 1 is 1.67 bits per heavy atom. The van der Waals surface area contributed by atoms with Crippen molar-refractivity contribution < 1.29 is 4.57 Å². The summed E-state index contributed by atoms with van der Waals surface area (Å²) in [5, 5.41) is 0. The van der Waals surface area contributed by atoms with E-state index in [9.17, 15) is 4.79 Å². The van der Waals surface area contributed by atoms with E-state index in [0.717, 1.165) is 6.54 Å². The molecule has 66 valence electrons. The van der Waals surface area contributed by atoms with Crippen LogP contribution in [0.3, 0.4) is 0 Å². The SMILES string of the molecule is CC(C)C[n+]1ccc(N)[nH]c1=O. The number of hydrogen-bond acceptors (Lipinski definition) is 2. The predicted octanol–water partition coefficient (Wildman–Crippen LogP) is -0.0994. The molecule has 1 rings (SSSR count). The van der Waals surface area contributed by atoms with Gasteiger partial charge < -0.3 is 5.73 Å². The molecule has 4 nitrogen and oxygen atoms in total. The van der Waals surface area contributed by atoms with Crippen LogP contribution in [0.1, 0.15) is 13.8 Å². The van der Waals surface area contributed by atoms with Crippen LogP contribution < -0.4 is 16.0 Å². The number of nitrogens with two attached hydrogens (primary N) is 1. The maximum Gasteiger partial charge on any atom is 0.497 e. The predicted molar refractivity (Wildman–Crippen MR) is 46.5 cm³/mol. The number of rotatable bonds is 2. The second-order valence-electron chi connectivity index (χ2n) is 3.25. The maximum absolute atomic E-state index is 11.2. The third-order valence-electron chi connectivity index (χ3n) is 1.51. The molecular weight excluding hydrogens is 154 g/mol. The van der Waals surface area contributed by atoms with Gasteiger partial charge in [0.2, 0.25) is 0 Å². The van der Waals surface area contributed by atoms with Crippen LogP contribution in [0.4, 0.5) is 5.82 Å². The quantitative estimate of drug-likeness (QED) is 0.606. The topological polar surface area (TPSA) is 62.8 Å². The maximum atomic E-state index is 11.2. The zero-order valence-corrected chi connectivity index (χ0v) is 7.37. The Bertz CT molecular complexity index is 316. The highest BCUT2D eigenvalue weighted by Crippen LogP contribution is 1.89. The first-order valence-electron chi connectivity index (χ1n) is 3.98. The highest BCUT2D eigenvalue weighted by molar-refractivity contribution is 5.21. The van der Waals surface area contributed by atoms with Crippen LogP contribution in [0.2, 0.25) is 0 Å². The van der Waals surface area contributed by atoms with Gasteiger partial charge in [0.05, 0.1) is 12.7 Å². The van der Waals surface area contributed by atoms with Crippen LogP contribution in [-0.2, 0) is 6.54 Å². The van der Waals surface area contributed by atoms with Crippen LogP contribution >= 0.6 is 0 Å². The molecule has 12 heavy (non-hydrogen) atoms. The average Bonchev–Trinajstić information content (AvgIpc) is 1.94. The highest BCUT2D eigenvalue weighted by Gasteiger charge is 2.06. The van der Waals surface area contributed by atoms with Gasteiger partial charge in [-0.3, -0.25) is 0 Å². The lowest BCUT2D eigenvalue weighted by Crippen LogP contribution is -2.52. The van der Waals surface area contributed by atoms with E-state index in [-0.39, 0.29) is 5.69 Å². The first-order chi connectivity index (χ1) is 5.59. The molecule has 0 aromatic carbocycles. The minimum atomic E-state index is -0.149. The number of hydrogen-bond donors (Lipinski definition) is 2. The Kier molecular flexibility index (Phi) is 2.47. The van der Waals surface area contributed by atoms with Gasteiger partial charge in [-0.15, -0.1) is 0 Å². The number of anilines is 1. The molecule has 0 aliphatic carbocycles. The Labute approximate surface area is 71.0 Å². The van der Waals surface area contributed by atoms with Gasteiger partial charge in [-0.05, 0) is 5.92 Å². The van der Waals surface area contributed by atoms with E-state index in [1.54, 1.807) is 16.8 Å². The minimum absolute atomic E-state index is 0.149. The van der Waals surface area contributed by atoms with Gasteiger partial charge in [0.25, 0.3) is 0 Å². The molecule has 0 saturated carbocycles. The van der Waals surface area contributed by atoms with Gasteiger partial charge in [0.15, 0.2) is 5.82 Å². The van der Waals surface area contributed by atoms with Gasteiger partial charge in [-0.2, -0.15) is 14.3 Å². The molecule has 0 unspecified atom stereocenters. The van der Waals surface area contributed by atoms with Crippen LogP contribution in [-0.4, -0.2) is 4.98 Å². The molecule has 0 radical (unpaired) electrons. The molecule has 4 heteroatoms. The fraction of sp³-hybridized carbons (Fsp3) is 0.500. The van der Waals surface area contributed by atoms with E-state index in [2.05, 4.69) is 18.8 Å². The fourth-order valence-corrected chi connectivity index (χ4v) is 1.01. The molecule has 0 fully saturated rings. The number of nitrogen functional groups attached to an aromatic ring is 1. The first-order valence-corrected chi connectivity index (χ1v) is 3.98. The number of H-pyrrole nitrogens is 1. The number of nitrogens with zero attached hydrogens (tertiary/aromatic N) is 1. The first kappa shape index (κ1) is 8.77. The number of aromatic nitrogens is 2. The standard InChI is InChI=1S/C8H13N3O/c1-6(2)5-11-4-3-7(9)10-8(11)12/h3-4,6H,5H2,1-2H3,(H2,9,10,12)/p+1. The van der Waals surface area contributed by atoms with Gasteiger partial charge in [-0.25, -0.2) is 0 Å². The van der Waals surface area contributed by atoms with Crippen LogP contribution in [0.25, 0.3) is 0 Å². The van der Waals surface area contributed by atoms with E-state index in [4.69, 9.17) is 5.73 Å². The molecule has 1 aromatic heterocycles. The van der Waals surface area contributed by atoms with E-state index in [1.165, 1.54) is 0 Å². The average molecular weight is 168 g/mol. The molecule has 0 spiro atoms. The zero-order chi connectivity index (χ0) is 9.14. The van der Waals surface area contributed by atoms with Crippen molar-refractivity contribution in [3.05, 3.63) is 22.7 Å². The van der Waals surface area contributed by atoms with Gasteiger partial charge in [-0.1, -0.05) is 13.8 Å². The lowest BCUT2D eigenvalue weighted by atomic mass is 10.2. The van der Waals surface area contributed by atoms with Crippen molar-refractivity contribution in [1.29, 1.82) is 0 Å². The summed E-state index contributed by atoms with van der Waals surface area (Å²) in [6.07, 6.45) is 1.70. The Morgan fingerprint density at radius 3 is 2.83 bits per heavy atom. The largest absolute Gasteiger partial charge is 0.497 e. The van der Waals surface area contributed by atoms with E-state index < -0.39 is 0 Å². The van der Waals surface area contributed by atoms with Crippen LogP contribution in [0, 0.1) is 5.92 Å². The molecule has 0 bridgehead atoms. The monoisotopic (exact) mass is 168 g/mol. The molecule has 0 atom stereocenters. The molecule has 1 heterocycles. The molecule has 0 saturated heterocycles. The summed E-state index contributed by atoms with van der Waals surface area (Å²) in [4.78, 5) is 13.7. The third kappa shape index (κ3) is 2.08. The second kappa shape index (κ2) is 3.38. The smallest absolute Gasteiger partial charge is 0.366 e. The highest BCUT2D eigenvalue weighted by atomic mass is 16.1. The van der Waals surface area contributed by atoms with Crippen molar-refractivity contribution >= 4 is 5.82 Å². The molecular formula is C8H14N3O+. The Balaban J connectivity index is 2.94. The van der Waals surface area contributed by atoms with Gasteiger partial charge >= 0.3 is 5.69 Å². The zero-order valence-electron chi connectivity index (χ0n) is 7.37. The van der Waals surface area contributed by atoms with Crippen molar-refractivity contribution in [2.45, 2.75) is 20.4 Å². The normalized spacial score (nSPS) is 10.6. The van der Waals surface area contributed by atoms with Crippen molar-refractivity contribution in [2.75, 3.05) is 5.73 Å². The summed E-state index contributed by atoms with van der Waals surface area (Å²) in [7, 11) is 0. The second-order valence-corrected chi connectivity index (χ2v) is 3.25. The molecule has 0 amide bonds. The van der Waals surface area contributed by atoms with E-state index >= 15 is 0 Å². The van der Waals surface area contributed by atoms with Crippen LogP contribution in [0.15, 0.2) is 17.1 Å². The lowest BCUT2D eigenvalue weighted by molar-refractivity contribution is -0.718. The lowest BCUT2D eigenvalue weighted by Gasteiger charge is -2.00. The molecule has 0 aliphatic heterocycles. The molecule has 3 N–H and O–H groups in total. The Morgan fingerprint density at radius 2 is 2.33 bits per heavy atom. The molecule has 1 aromatic rings. The fourth-order valence-electron chi connectivity index (χ4n) is 1.01. The minimum Gasteiger partial charge on any atom is -0.366 e.